The summed E-state index contributed by atoms with van der Waals surface area (Å²) >= 11 is 0. The quantitative estimate of drug-likeness (QED) is 0.705. The van der Waals surface area contributed by atoms with Gasteiger partial charge < -0.3 is 15.4 Å². The molecule has 0 bridgehead atoms. The van der Waals surface area contributed by atoms with E-state index in [9.17, 15) is 10.1 Å². The van der Waals surface area contributed by atoms with E-state index >= 15 is 0 Å². The highest BCUT2D eigenvalue weighted by Gasteiger charge is 2.14. The molecule has 0 atom stereocenters. The third-order valence-corrected chi connectivity index (χ3v) is 4.08. The number of fused-ring (bicyclic) bond motifs is 1. The van der Waals surface area contributed by atoms with Crippen molar-refractivity contribution in [1.82, 2.24) is 4.98 Å². The zero-order chi connectivity index (χ0) is 20.1. The van der Waals surface area contributed by atoms with Gasteiger partial charge in [-0.1, -0.05) is 6.07 Å². The second kappa shape index (κ2) is 8.17. The van der Waals surface area contributed by atoms with Crippen molar-refractivity contribution in [3.63, 3.8) is 0 Å². The molecule has 0 spiro atoms. The molecule has 1 heterocycles. The monoisotopic (exact) mass is 371 g/mol. The van der Waals surface area contributed by atoms with E-state index in [0.29, 0.717) is 45.7 Å². The van der Waals surface area contributed by atoms with Crippen molar-refractivity contribution in [2.24, 2.45) is 0 Å². The molecule has 2 N–H and O–H groups in total. The summed E-state index contributed by atoms with van der Waals surface area (Å²) in [6, 6.07) is 14.8. The molecule has 7 nitrogen and oxygen atoms in total. The second-order valence-electron chi connectivity index (χ2n) is 6.12. The Hall–Kier alpha value is -3.94. The highest BCUT2D eigenvalue weighted by atomic mass is 16.5. The number of hydrogen-bond acceptors (Lipinski definition) is 6. The zero-order valence-corrected chi connectivity index (χ0v) is 15.4. The van der Waals surface area contributed by atoms with Crippen LogP contribution in [0.25, 0.3) is 10.9 Å². The van der Waals surface area contributed by atoms with Gasteiger partial charge in [0.1, 0.15) is 6.07 Å². The van der Waals surface area contributed by atoms with Gasteiger partial charge in [-0.2, -0.15) is 10.5 Å². The smallest absolute Gasteiger partial charge is 0.221 e. The summed E-state index contributed by atoms with van der Waals surface area (Å²) in [5.41, 5.74) is 4.10. The van der Waals surface area contributed by atoms with E-state index in [0.717, 1.165) is 5.56 Å². The summed E-state index contributed by atoms with van der Waals surface area (Å²) < 4.78 is 5.22. The predicted molar refractivity (Wildman–Crippen MR) is 106 cm³/mol. The average Bonchev–Trinajstić information content (AvgIpc) is 2.69. The number of benzene rings is 2. The van der Waals surface area contributed by atoms with Gasteiger partial charge in [0.15, 0.2) is 0 Å². The highest BCUT2D eigenvalue weighted by Crippen LogP contribution is 2.33. The van der Waals surface area contributed by atoms with E-state index in [1.807, 2.05) is 12.1 Å². The molecule has 0 unspecified atom stereocenters. The van der Waals surface area contributed by atoms with Crippen LogP contribution in [0.3, 0.4) is 0 Å². The summed E-state index contributed by atoms with van der Waals surface area (Å²) in [6.45, 7) is 1.73. The van der Waals surface area contributed by atoms with Crippen LogP contribution in [0, 0.1) is 22.7 Å². The minimum atomic E-state index is -0.211. The summed E-state index contributed by atoms with van der Waals surface area (Å²) in [7, 11) is 1.57. The van der Waals surface area contributed by atoms with Crippen LogP contribution in [0.2, 0.25) is 0 Å². The molecule has 7 heteroatoms. The Kier molecular flexibility index (Phi) is 5.50. The number of ether oxygens (including phenoxy) is 1. The van der Waals surface area contributed by atoms with Crippen LogP contribution in [-0.2, 0) is 16.1 Å². The van der Waals surface area contributed by atoms with Crippen LogP contribution >= 0.6 is 0 Å². The molecule has 138 valence electrons. The second-order valence-corrected chi connectivity index (χ2v) is 6.12. The maximum absolute atomic E-state index is 11.6. The first-order chi connectivity index (χ1) is 13.5. The van der Waals surface area contributed by atoms with Crippen molar-refractivity contribution in [2.45, 2.75) is 13.5 Å². The fourth-order valence-electron chi connectivity index (χ4n) is 2.89. The molecule has 0 saturated heterocycles. The lowest BCUT2D eigenvalue weighted by Gasteiger charge is -2.15. The molecule has 0 radical (unpaired) electrons. The molecule has 3 aromatic rings. The molecular weight excluding hydrogens is 354 g/mol. The Morgan fingerprint density at radius 1 is 1.21 bits per heavy atom. The molecule has 28 heavy (non-hydrogen) atoms. The Labute approximate surface area is 162 Å². The summed E-state index contributed by atoms with van der Waals surface area (Å²) in [4.78, 5) is 16.0. The molecule has 0 aliphatic heterocycles. The molecule has 2 aromatic carbocycles. The number of carbonyl (C=O) groups excluding carboxylic acids is 1. The summed E-state index contributed by atoms with van der Waals surface area (Å²) in [6.07, 6.45) is 1.49. The molecule has 0 aliphatic rings. The van der Waals surface area contributed by atoms with E-state index in [-0.39, 0.29) is 5.91 Å². The molecule has 0 fully saturated rings. The molecule has 0 saturated carbocycles. The fraction of sp³-hybridized carbons (Fsp3) is 0.143. The van der Waals surface area contributed by atoms with Gasteiger partial charge in [0.2, 0.25) is 5.91 Å². The maximum atomic E-state index is 11.6. The normalized spacial score (nSPS) is 10.1. The zero-order valence-electron chi connectivity index (χ0n) is 15.4. The fourth-order valence-corrected chi connectivity index (χ4v) is 2.89. The van der Waals surface area contributed by atoms with Gasteiger partial charge in [-0.3, -0.25) is 9.78 Å². The number of methoxy groups -OCH3 is 1. The number of pyridine rings is 1. The van der Waals surface area contributed by atoms with Gasteiger partial charge >= 0.3 is 0 Å². The number of amides is 1. The minimum Gasteiger partial charge on any atom is -0.380 e. The lowest BCUT2D eigenvalue weighted by molar-refractivity contribution is -0.114. The van der Waals surface area contributed by atoms with Crippen molar-refractivity contribution in [3.8, 4) is 12.1 Å². The topological polar surface area (TPSA) is 111 Å². The van der Waals surface area contributed by atoms with Gasteiger partial charge in [-0.15, -0.1) is 0 Å². The Morgan fingerprint density at radius 2 is 2.04 bits per heavy atom. The van der Waals surface area contributed by atoms with Crippen molar-refractivity contribution in [1.29, 1.82) is 10.5 Å². The van der Waals surface area contributed by atoms with E-state index < -0.39 is 0 Å². The number of nitrogens with zero attached hydrogens (tertiary/aromatic N) is 3. The first kappa shape index (κ1) is 18.8. The van der Waals surface area contributed by atoms with E-state index in [2.05, 4.69) is 27.8 Å². The van der Waals surface area contributed by atoms with Crippen LogP contribution < -0.4 is 10.6 Å². The van der Waals surface area contributed by atoms with Crippen molar-refractivity contribution >= 4 is 33.9 Å². The van der Waals surface area contributed by atoms with E-state index in [4.69, 9.17) is 10.00 Å². The Morgan fingerprint density at radius 3 is 2.71 bits per heavy atom. The number of hydrogen-bond donors (Lipinski definition) is 2. The van der Waals surface area contributed by atoms with Crippen molar-refractivity contribution in [3.05, 3.63) is 59.3 Å². The lowest BCUT2D eigenvalue weighted by atomic mass is 10.0. The molecule has 1 aromatic heterocycles. The van der Waals surface area contributed by atoms with Crippen LogP contribution in [0.4, 0.5) is 17.1 Å². The molecule has 0 aliphatic carbocycles. The number of anilines is 3. The Bertz CT molecular complexity index is 1140. The molecule has 1 amide bonds. The first-order valence-corrected chi connectivity index (χ1v) is 8.45. The van der Waals surface area contributed by atoms with Gasteiger partial charge in [-0.05, 0) is 30.3 Å². The van der Waals surface area contributed by atoms with Gasteiger partial charge in [0.05, 0.1) is 35.0 Å². The van der Waals surface area contributed by atoms with E-state index in [1.165, 1.54) is 13.1 Å². The SMILES string of the molecule is COCc1cc2ncc(C#N)c(Nc3cccc(C#N)c3)c2cc1NC(C)=O. The standard InChI is InChI=1S/C21H17N5O2/c1-13(27)25-19-8-18-20(7-15(19)12-28-2)24-11-16(10-23)21(18)26-17-5-3-4-14(6-17)9-22/h3-8,11H,12H2,1-2H3,(H,24,26)(H,25,27). The van der Waals surface area contributed by atoms with Crippen molar-refractivity contribution < 1.29 is 9.53 Å². The van der Waals surface area contributed by atoms with Crippen molar-refractivity contribution in [2.75, 3.05) is 17.7 Å². The molecule has 3 rings (SSSR count). The number of carbonyl (C=O) groups is 1. The van der Waals surface area contributed by atoms with Gasteiger partial charge in [-0.25, -0.2) is 0 Å². The lowest BCUT2D eigenvalue weighted by Crippen LogP contribution is -2.09. The summed E-state index contributed by atoms with van der Waals surface area (Å²) in [5, 5.41) is 25.3. The Balaban J connectivity index is 2.20. The number of aromatic nitrogens is 1. The van der Waals surface area contributed by atoms with E-state index in [1.54, 1.807) is 31.4 Å². The highest BCUT2D eigenvalue weighted by molar-refractivity contribution is 6.00. The van der Waals surface area contributed by atoms with Crippen LogP contribution in [0.15, 0.2) is 42.6 Å². The summed E-state index contributed by atoms with van der Waals surface area (Å²) in [5.74, 6) is -0.211. The number of nitriles is 2. The predicted octanol–water partition coefficient (Wildman–Crippen LogP) is 3.83. The average molecular weight is 371 g/mol. The molecular formula is C21H17N5O2. The van der Waals surface area contributed by atoms with Crippen LogP contribution in [0.5, 0.6) is 0 Å². The van der Waals surface area contributed by atoms with Crippen LogP contribution in [-0.4, -0.2) is 18.0 Å². The minimum absolute atomic E-state index is 0.211. The number of rotatable bonds is 5. The van der Waals surface area contributed by atoms with Crippen LogP contribution in [0.1, 0.15) is 23.6 Å². The largest absolute Gasteiger partial charge is 0.380 e. The number of nitrogens with one attached hydrogen (secondary N) is 2. The van der Waals surface area contributed by atoms with Gasteiger partial charge in [0, 0.05) is 42.6 Å². The van der Waals surface area contributed by atoms with Gasteiger partial charge in [0.25, 0.3) is 0 Å². The third kappa shape index (κ3) is 3.90. The first-order valence-electron chi connectivity index (χ1n) is 8.45. The third-order valence-electron chi connectivity index (χ3n) is 4.08. The maximum Gasteiger partial charge on any atom is 0.221 e.